The van der Waals surface area contributed by atoms with E-state index in [0.29, 0.717) is 13.1 Å². The summed E-state index contributed by atoms with van der Waals surface area (Å²) < 4.78 is 1.53. The van der Waals surface area contributed by atoms with Crippen molar-refractivity contribution >= 4 is 11.7 Å². The smallest absolute Gasteiger partial charge is 0.358 e. The van der Waals surface area contributed by atoms with Crippen LogP contribution in [0.1, 0.15) is 19.8 Å². The summed E-state index contributed by atoms with van der Waals surface area (Å²) in [5.41, 5.74) is 0. The van der Waals surface area contributed by atoms with Gasteiger partial charge in [-0.3, -0.25) is 4.79 Å². The van der Waals surface area contributed by atoms with Crippen LogP contribution in [-0.2, 0) is 11.3 Å². The second-order valence-corrected chi connectivity index (χ2v) is 3.68. The average molecular weight is 252 g/mol. The molecule has 0 unspecified atom stereocenters. The Hall–Kier alpha value is -2.18. The Morgan fingerprint density at radius 3 is 3.06 bits per heavy atom. The topological polar surface area (TPSA) is 90.1 Å². The van der Waals surface area contributed by atoms with Crippen molar-refractivity contribution in [3.05, 3.63) is 34.8 Å². The predicted molar refractivity (Wildman–Crippen MR) is 65.9 cm³/mol. The molecule has 0 aromatic carbocycles. The molecule has 7 heteroatoms. The van der Waals surface area contributed by atoms with Crippen LogP contribution < -0.4 is 5.32 Å². The number of nitrogens with one attached hydrogen (secondary N) is 1. The molecule has 1 N–H and O–H groups in total. The van der Waals surface area contributed by atoms with Gasteiger partial charge in [-0.05, 0) is 23.3 Å². The van der Waals surface area contributed by atoms with Gasteiger partial charge in [-0.15, -0.1) is 0 Å². The summed E-state index contributed by atoms with van der Waals surface area (Å²) in [4.78, 5) is 24.9. The van der Waals surface area contributed by atoms with Gasteiger partial charge >= 0.3 is 5.82 Å². The normalized spacial score (nSPS) is 10.7. The quantitative estimate of drug-likeness (QED) is 0.342. The average Bonchev–Trinajstić information content (AvgIpc) is 2.81. The molecule has 0 aliphatic heterocycles. The number of rotatable bonds is 7. The Labute approximate surface area is 105 Å². The van der Waals surface area contributed by atoms with Crippen molar-refractivity contribution in [2.75, 3.05) is 6.54 Å². The van der Waals surface area contributed by atoms with Crippen LogP contribution in [0.2, 0.25) is 0 Å². The van der Waals surface area contributed by atoms with Gasteiger partial charge in [0.25, 0.3) is 0 Å². The lowest BCUT2D eigenvalue weighted by Gasteiger charge is -2.03. The number of aromatic nitrogens is 2. The Balaban J connectivity index is 2.27. The molecule has 0 aliphatic rings. The highest BCUT2D eigenvalue weighted by atomic mass is 16.6. The van der Waals surface area contributed by atoms with E-state index in [4.69, 9.17) is 0 Å². The van der Waals surface area contributed by atoms with Crippen molar-refractivity contribution in [3.8, 4) is 0 Å². The zero-order chi connectivity index (χ0) is 13.4. The monoisotopic (exact) mass is 252 g/mol. The van der Waals surface area contributed by atoms with Crippen molar-refractivity contribution in [2.24, 2.45) is 0 Å². The van der Waals surface area contributed by atoms with Crippen LogP contribution in [0.5, 0.6) is 0 Å². The minimum absolute atomic E-state index is 0.0733. The van der Waals surface area contributed by atoms with Crippen LogP contribution in [0.25, 0.3) is 0 Å². The van der Waals surface area contributed by atoms with Crippen molar-refractivity contribution in [3.63, 3.8) is 0 Å². The third-order valence-electron chi connectivity index (χ3n) is 2.27. The Morgan fingerprint density at radius 2 is 2.44 bits per heavy atom. The summed E-state index contributed by atoms with van der Waals surface area (Å²) in [5, 5.41) is 13.2. The third kappa shape index (κ3) is 4.77. The molecular weight excluding hydrogens is 236 g/mol. The summed E-state index contributed by atoms with van der Waals surface area (Å²) in [6, 6.07) is 0. The van der Waals surface area contributed by atoms with Gasteiger partial charge in [0, 0.05) is 19.5 Å². The lowest BCUT2D eigenvalue weighted by Crippen LogP contribution is -2.24. The first kappa shape index (κ1) is 13.9. The van der Waals surface area contributed by atoms with E-state index in [1.165, 1.54) is 17.1 Å². The summed E-state index contributed by atoms with van der Waals surface area (Å²) in [6.07, 6.45) is 7.65. The van der Waals surface area contributed by atoms with Gasteiger partial charge in [-0.1, -0.05) is 12.2 Å². The molecule has 1 amide bonds. The highest BCUT2D eigenvalue weighted by molar-refractivity contribution is 5.75. The molecule has 0 saturated carbocycles. The van der Waals surface area contributed by atoms with Crippen LogP contribution in [-0.4, -0.2) is 26.9 Å². The first-order chi connectivity index (χ1) is 8.63. The Kier molecular flexibility index (Phi) is 5.56. The van der Waals surface area contributed by atoms with Crippen molar-refractivity contribution in [1.82, 2.24) is 14.9 Å². The van der Waals surface area contributed by atoms with Crippen LogP contribution >= 0.6 is 0 Å². The fourth-order valence-corrected chi connectivity index (χ4v) is 1.35. The largest absolute Gasteiger partial charge is 0.381 e. The van der Waals surface area contributed by atoms with Crippen molar-refractivity contribution in [1.29, 1.82) is 0 Å². The molecule has 0 radical (unpaired) electrons. The number of aryl methyl sites for hydroxylation is 1. The summed E-state index contributed by atoms with van der Waals surface area (Å²) in [5.74, 6) is -0.278. The molecule has 0 aliphatic carbocycles. The first-order valence-corrected chi connectivity index (χ1v) is 5.67. The fraction of sp³-hybridized carbons (Fsp3) is 0.455. The number of imidazole rings is 1. The highest BCUT2D eigenvalue weighted by Gasteiger charge is 2.10. The van der Waals surface area contributed by atoms with Crippen LogP contribution in [0.3, 0.4) is 0 Å². The van der Waals surface area contributed by atoms with Crippen LogP contribution in [0.15, 0.2) is 24.7 Å². The number of nitro groups is 1. The summed E-state index contributed by atoms with van der Waals surface area (Å²) in [6.45, 7) is 2.91. The number of hydrogen-bond acceptors (Lipinski definition) is 4. The molecular formula is C11H16N4O3. The molecule has 0 fully saturated rings. The number of carbonyl (C=O) groups is 1. The minimum atomic E-state index is -0.562. The van der Waals surface area contributed by atoms with Crippen LogP contribution in [0.4, 0.5) is 5.82 Å². The third-order valence-corrected chi connectivity index (χ3v) is 2.27. The van der Waals surface area contributed by atoms with E-state index in [9.17, 15) is 14.9 Å². The van der Waals surface area contributed by atoms with Gasteiger partial charge in [-0.2, -0.15) is 0 Å². The SMILES string of the molecule is C/C=C/CCNC(=O)CCn1cnc([N+](=O)[O-])c1. The zero-order valence-corrected chi connectivity index (χ0v) is 10.2. The molecule has 1 aromatic heterocycles. The zero-order valence-electron chi connectivity index (χ0n) is 10.2. The summed E-state index contributed by atoms with van der Waals surface area (Å²) >= 11 is 0. The lowest BCUT2D eigenvalue weighted by molar-refractivity contribution is -0.389. The van der Waals surface area contributed by atoms with Crippen LogP contribution in [0, 0.1) is 10.1 Å². The molecule has 1 heterocycles. The number of amides is 1. The van der Waals surface area contributed by atoms with E-state index >= 15 is 0 Å². The van der Waals surface area contributed by atoms with Gasteiger partial charge in [-0.25, -0.2) is 0 Å². The van der Waals surface area contributed by atoms with Gasteiger partial charge < -0.3 is 20.0 Å². The maximum atomic E-state index is 11.4. The molecule has 0 spiro atoms. The molecule has 18 heavy (non-hydrogen) atoms. The first-order valence-electron chi connectivity index (χ1n) is 5.67. The highest BCUT2D eigenvalue weighted by Crippen LogP contribution is 2.05. The number of nitrogens with zero attached hydrogens (tertiary/aromatic N) is 3. The second-order valence-electron chi connectivity index (χ2n) is 3.68. The Bertz CT molecular complexity index is 439. The van der Waals surface area contributed by atoms with E-state index in [0.717, 1.165) is 6.42 Å². The van der Waals surface area contributed by atoms with E-state index in [-0.39, 0.29) is 18.1 Å². The molecule has 0 atom stereocenters. The number of allylic oxidation sites excluding steroid dienone is 1. The maximum absolute atomic E-state index is 11.4. The maximum Gasteiger partial charge on any atom is 0.381 e. The van der Waals surface area contributed by atoms with E-state index in [1.807, 2.05) is 19.1 Å². The van der Waals surface area contributed by atoms with Crippen molar-refractivity contribution < 1.29 is 9.72 Å². The van der Waals surface area contributed by atoms with E-state index < -0.39 is 4.92 Å². The fourth-order valence-electron chi connectivity index (χ4n) is 1.35. The lowest BCUT2D eigenvalue weighted by atomic mass is 10.3. The predicted octanol–water partition coefficient (Wildman–Crippen LogP) is 1.26. The van der Waals surface area contributed by atoms with Gasteiger partial charge in [0.1, 0.15) is 6.20 Å². The summed E-state index contributed by atoms with van der Waals surface area (Å²) in [7, 11) is 0. The molecule has 0 bridgehead atoms. The van der Waals surface area contributed by atoms with Gasteiger partial charge in [0.2, 0.25) is 12.2 Å². The van der Waals surface area contributed by atoms with Crippen molar-refractivity contribution in [2.45, 2.75) is 26.3 Å². The molecule has 1 aromatic rings. The number of carbonyl (C=O) groups excluding carboxylic acids is 1. The number of hydrogen-bond donors (Lipinski definition) is 1. The standard InChI is InChI=1S/C11H16N4O3/c1-2-3-4-6-12-11(16)5-7-14-8-10(13-9-14)15(17)18/h2-3,8-9H,4-7H2,1H3,(H,12,16)/b3-2+. The molecule has 7 nitrogen and oxygen atoms in total. The van der Waals surface area contributed by atoms with E-state index in [2.05, 4.69) is 10.3 Å². The van der Waals surface area contributed by atoms with E-state index in [1.54, 1.807) is 0 Å². The van der Waals surface area contributed by atoms with Gasteiger partial charge in [0.15, 0.2) is 0 Å². The Morgan fingerprint density at radius 1 is 1.67 bits per heavy atom. The van der Waals surface area contributed by atoms with Gasteiger partial charge in [0.05, 0.1) is 0 Å². The molecule has 1 rings (SSSR count). The minimum Gasteiger partial charge on any atom is -0.358 e. The second kappa shape index (κ2) is 7.21. The molecule has 98 valence electrons. The molecule has 0 saturated heterocycles.